The van der Waals surface area contributed by atoms with E-state index in [2.05, 4.69) is 22.7 Å². The number of hydrazine groups is 1. The van der Waals surface area contributed by atoms with Crippen molar-refractivity contribution in [1.29, 1.82) is 0 Å². The molecule has 0 aliphatic rings. The first kappa shape index (κ1) is 10.6. The van der Waals surface area contributed by atoms with Gasteiger partial charge >= 0.3 is 0 Å². The Hall–Kier alpha value is -0.450. The topological polar surface area (TPSA) is 50.9 Å². The first-order valence-electron chi connectivity index (χ1n) is 4.66. The van der Waals surface area contributed by atoms with Crippen LogP contribution in [0.4, 0.5) is 0 Å². The lowest BCUT2D eigenvalue weighted by molar-refractivity contribution is 0.486. The molecule has 0 bridgehead atoms. The summed E-state index contributed by atoms with van der Waals surface area (Å²) in [5.41, 5.74) is 3.89. The summed E-state index contributed by atoms with van der Waals surface area (Å²) >= 11 is 1.67. The Bertz CT molecular complexity index is 247. The number of nitrogens with zero attached hydrogens (tertiary/aromatic N) is 1. The molecular weight excluding hydrogens is 182 g/mol. The highest BCUT2D eigenvalue weighted by Crippen LogP contribution is 2.20. The molecule has 0 radical (unpaired) electrons. The summed E-state index contributed by atoms with van der Waals surface area (Å²) in [7, 11) is 0. The van der Waals surface area contributed by atoms with Crippen LogP contribution < -0.4 is 11.3 Å². The number of hydrogen-bond acceptors (Lipinski definition) is 4. The van der Waals surface area contributed by atoms with Gasteiger partial charge in [-0.1, -0.05) is 19.8 Å². The second kappa shape index (κ2) is 5.32. The molecule has 4 heteroatoms. The minimum Gasteiger partial charge on any atom is -0.271 e. The summed E-state index contributed by atoms with van der Waals surface area (Å²) in [4.78, 5) is 4.41. The Morgan fingerprint density at radius 2 is 2.46 bits per heavy atom. The lowest BCUT2D eigenvalue weighted by atomic mass is 10.1. The van der Waals surface area contributed by atoms with E-state index in [1.165, 1.54) is 12.8 Å². The highest BCUT2D eigenvalue weighted by molar-refractivity contribution is 7.09. The van der Waals surface area contributed by atoms with Gasteiger partial charge in [-0.15, -0.1) is 11.3 Å². The van der Waals surface area contributed by atoms with Gasteiger partial charge in [0, 0.05) is 5.38 Å². The molecule has 0 aromatic carbocycles. The van der Waals surface area contributed by atoms with Crippen LogP contribution in [-0.4, -0.2) is 4.98 Å². The van der Waals surface area contributed by atoms with Crippen LogP contribution in [0.25, 0.3) is 0 Å². The Balaban J connectivity index is 2.56. The third-order valence-electron chi connectivity index (χ3n) is 2.04. The predicted octanol–water partition coefficient (Wildman–Crippen LogP) is 2.15. The maximum absolute atomic E-state index is 5.47. The molecule has 0 saturated carbocycles. The van der Waals surface area contributed by atoms with Crippen LogP contribution in [0.2, 0.25) is 0 Å². The van der Waals surface area contributed by atoms with E-state index in [0.29, 0.717) is 0 Å². The van der Waals surface area contributed by atoms with Gasteiger partial charge in [0.1, 0.15) is 0 Å². The molecule has 0 fully saturated rings. The van der Waals surface area contributed by atoms with Gasteiger partial charge in [0.2, 0.25) is 0 Å². The van der Waals surface area contributed by atoms with Crippen molar-refractivity contribution in [2.45, 2.75) is 39.2 Å². The minimum absolute atomic E-state index is 0.227. The smallest absolute Gasteiger partial charge is 0.0898 e. The molecule has 74 valence electrons. The van der Waals surface area contributed by atoms with E-state index >= 15 is 0 Å². The molecule has 0 aliphatic heterocycles. The van der Waals surface area contributed by atoms with E-state index in [-0.39, 0.29) is 6.04 Å². The fourth-order valence-electron chi connectivity index (χ4n) is 1.27. The largest absolute Gasteiger partial charge is 0.271 e. The molecule has 13 heavy (non-hydrogen) atoms. The first-order chi connectivity index (χ1) is 6.27. The van der Waals surface area contributed by atoms with E-state index < -0.39 is 0 Å². The van der Waals surface area contributed by atoms with Crippen molar-refractivity contribution >= 4 is 11.3 Å². The van der Waals surface area contributed by atoms with Gasteiger partial charge in [-0.2, -0.15) is 0 Å². The number of aromatic nitrogens is 1. The third kappa shape index (κ3) is 3.06. The van der Waals surface area contributed by atoms with Crippen molar-refractivity contribution in [3.63, 3.8) is 0 Å². The highest BCUT2D eigenvalue weighted by Gasteiger charge is 2.11. The maximum Gasteiger partial charge on any atom is 0.0898 e. The van der Waals surface area contributed by atoms with E-state index in [9.17, 15) is 0 Å². The zero-order valence-electron chi connectivity index (χ0n) is 8.21. The number of hydrogen-bond donors (Lipinski definition) is 2. The van der Waals surface area contributed by atoms with E-state index in [1.54, 1.807) is 11.3 Å². The summed E-state index contributed by atoms with van der Waals surface area (Å²) in [6.07, 6.45) is 3.45. The Kier molecular flexibility index (Phi) is 4.35. The van der Waals surface area contributed by atoms with Crippen molar-refractivity contribution in [3.8, 4) is 0 Å². The highest BCUT2D eigenvalue weighted by atomic mass is 32.1. The summed E-state index contributed by atoms with van der Waals surface area (Å²) in [6.45, 7) is 4.20. The van der Waals surface area contributed by atoms with E-state index in [4.69, 9.17) is 5.84 Å². The quantitative estimate of drug-likeness (QED) is 0.564. The average Bonchev–Trinajstić information content (AvgIpc) is 2.54. The molecule has 0 saturated heterocycles. The number of thiazole rings is 1. The molecule has 1 atom stereocenters. The number of nitrogens with two attached hydrogens (primary N) is 1. The standard InChI is InChI=1S/C9H17N3S/c1-3-4-5-8(12-10)9-6-13-7(2)11-9/h6,8,12H,3-5,10H2,1-2H3. The lowest BCUT2D eigenvalue weighted by Gasteiger charge is -2.12. The Morgan fingerprint density at radius 1 is 1.69 bits per heavy atom. The fourth-order valence-corrected chi connectivity index (χ4v) is 1.93. The normalized spacial score (nSPS) is 13.2. The number of rotatable bonds is 5. The zero-order chi connectivity index (χ0) is 9.68. The first-order valence-corrected chi connectivity index (χ1v) is 5.54. The van der Waals surface area contributed by atoms with Crippen LogP contribution in [-0.2, 0) is 0 Å². The van der Waals surface area contributed by atoms with Crippen LogP contribution >= 0.6 is 11.3 Å². The van der Waals surface area contributed by atoms with Crippen LogP contribution in [0.3, 0.4) is 0 Å². The molecule has 0 amide bonds. The number of aryl methyl sites for hydroxylation is 1. The minimum atomic E-state index is 0.227. The molecule has 0 spiro atoms. The van der Waals surface area contributed by atoms with E-state index in [1.807, 2.05) is 6.92 Å². The van der Waals surface area contributed by atoms with Crippen LogP contribution in [0.1, 0.15) is 42.9 Å². The molecular formula is C9H17N3S. The molecule has 1 aromatic heterocycles. The predicted molar refractivity (Wildman–Crippen MR) is 56.4 cm³/mol. The monoisotopic (exact) mass is 199 g/mol. The Morgan fingerprint density at radius 3 is 2.92 bits per heavy atom. The molecule has 1 rings (SSSR count). The summed E-state index contributed by atoms with van der Waals surface area (Å²) < 4.78 is 0. The molecule has 1 heterocycles. The van der Waals surface area contributed by atoms with Gasteiger partial charge in [-0.25, -0.2) is 4.98 Å². The number of unbranched alkanes of at least 4 members (excludes halogenated alkanes) is 1. The van der Waals surface area contributed by atoms with Crippen molar-refractivity contribution in [2.24, 2.45) is 5.84 Å². The van der Waals surface area contributed by atoms with Crippen LogP contribution in [0.15, 0.2) is 5.38 Å². The summed E-state index contributed by atoms with van der Waals surface area (Å²) in [5.74, 6) is 5.47. The van der Waals surface area contributed by atoms with Gasteiger partial charge in [-0.3, -0.25) is 11.3 Å². The van der Waals surface area contributed by atoms with Crippen molar-refractivity contribution in [1.82, 2.24) is 10.4 Å². The molecule has 3 nitrogen and oxygen atoms in total. The van der Waals surface area contributed by atoms with Gasteiger partial charge in [-0.05, 0) is 13.3 Å². The van der Waals surface area contributed by atoms with Crippen LogP contribution in [0.5, 0.6) is 0 Å². The van der Waals surface area contributed by atoms with Gasteiger partial charge < -0.3 is 0 Å². The molecule has 1 unspecified atom stereocenters. The molecule has 0 aliphatic carbocycles. The summed E-state index contributed by atoms with van der Waals surface area (Å²) in [5, 5.41) is 3.18. The molecule has 3 N–H and O–H groups in total. The van der Waals surface area contributed by atoms with Gasteiger partial charge in [0.15, 0.2) is 0 Å². The van der Waals surface area contributed by atoms with Crippen molar-refractivity contribution in [3.05, 3.63) is 16.1 Å². The fraction of sp³-hybridized carbons (Fsp3) is 0.667. The number of nitrogens with one attached hydrogen (secondary N) is 1. The van der Waals surface area contributed by atoms with Crippen molar-refractivity contribution in [2.75, 3.05) is 0 Å². The summed E-state index contributed by atoms with van der Waals surface area (Å²) in [6, 6.07) is 0.227. The zero-order valence-corrected chi connectivity index (χ0v) is 9.03. The van der Waals surface area contributed by atoms with Crippen molar-refractivity contribution < 1.29 is 0 Å². The second-order valence-electron chi connectivity index (χ2n) is 3.15. The second-order valence-corrected chi connectivity index (χ2v) is 4.22. The van der Waals surface area contributed by atoms with Gasteiger partial charge in [0.25, 0.3) is 0 Å². The SMILES string of the molecule is CCCCC(NN)c1csc(C)n1. The van der Waals surface area contributed by atoms with E-state index in [0.717, 1.165) is 17.1 Å². The third-order valence-corrected chi connectivity index (χ3v) is 2.83. The average molecular weight is 199 g/mol. The lowest BCUT2D eigenvalue weighted by Crippen LogP contribution is -2.28. The maximum atomic E-state index is 5.47. The Labute approximate surface area is 83.3 Å². The molecule has 1 aromatic rings. The van der Waals surface area contributed by atoms with Gasteiger partial charge in [0.05, 0.1) is 16.7 Å². The van der Waals surface area contributed by atoms with Crippen LogP contribution in [0, 0.1) is 6.92 Å².